The van der Waals surface area contributed by atoms with Crippen LogP contribution < -0.4 is 10.2 Å². The van der Waals surface area contributed by atoms with E-state index in [1.54, 1.807) is 12.1 Å². The van der Waals surface area contributed by atoms with Crippen LogP contribution in [0.5, 0.6) is 0 Å². The predicted octanol–water partition coefficient (Wildman–Crippen LogP) is 7.52. The molecule has 0 atom stereocenters. The highest BCUT2D eigenvalue weighted by atomic mass is 32.2. The van der Waals surface area contributed by atoms with Crippen molar-refractivity contribution < 1.29 is 22.3 Å². The molecule has 0 unspecified atom stereocenters. The van der Waals surface area contributed by atoms with Gasteiger partial charge >= 0.3 is 0 Å². The van der Waals surface area contributed by atoms with Gasteiger partial charge in [0.25, 0.3) is 10.1 Å². The van der Waals surface area contributed by atoms with E-state index in [2.05, 4.69) is 92.9 Å². The van der Waals surface area contributed by atoms with E-state index < -0.39 is 15.5 Å². The van der Waals surface area contributed by atoms with Crippen molar-refractivity contribution in [3.05, 3.63) is 89.2 Å². The van der Waals surface area contributed by atoms with Gasteiger partial charge in [-0.25, -0.2) is 0 Å². The predicted molar refractivity (Wildman–Crippen MR) is 184 cm³/mol. The van der Waals surface area contributed by atoms with Gasteiger partial charge in [0, 0.05) is 53.0 Å². The number of carbonyl (C=O) groups excluding carboxylic acids is 1. The fourth-order valence-corrected chi connectivity index (χ4v) is 7.08. The SMILES string of the molecule is Cc1ccc2c(c1)C(C)(C)C(/C=C/C=C/C=C1\N(CCCCCC(=O)NC(C)(C)C)c3ccc(S(=O)(=O)O)cc3C1(C)C)=[N+]2C. The van der Waals surface area contributed by atoms with E-state index in [0.29, 0.717) is 6.42 Å². The summed E-state index contributed by atoms with van der Waals surface area (Å²) in [6.45, 7) is 17.5. The van der Waals surface area contributed by atoms with Gasteiger partial charge in [-0.05, 0) is 90.3 Å². The number of nitrogens with zero attached hydrogens (tertiary/aromatic N) is 2. The zero-order chi connectivity index (χ0) is 33.4. The first-order valence-electron chi connectivity index (χ1n) is 15.8. The molecule has 0 aliphatic carbocycles. The molecule has 2 aliphatic rings. The molecule has 45 heavy (non-hydrogen) atoms. The van der Waals surface area contributed by atoms with Gasteiger partial charge in [-0.15, -0.1) is 0 Å². The lowest BCUT2D eigenvalue weighted by atomic mass is 9.81. The standard InChI is InChI=1S/C37H49N3O4S/c1-26-19-21-30-28(24-26)36(5,6)32(39(30)9)16-12-10-13-17-33-37(7,8)29-25-27(45(42,43)44)20-22-31(29)40(33)23-15-11-14-18-34(41)38-35(2,3)4/h10,12-13,16-17,19-22,24-25H,11,14-15,18,23H2,1-9H3,(H-,38,41,42,43,44)/p+1. The number of aryl methyl sites for hydroxylation is 1. The number of hydrogen-bond donors (Lipinski definition) is 2. The Bertz CT molecular complexity index is 1700. The monoisotopic (exact) mass is 632 g/mol. The molecule has 0 aromatic heterocycles. The van der Waals surface area contributed by atoms with Gasteiger partial charge in [0.15, 0.2) is 5.71 Å². The highest BCUT2D eigenvalue weighted by Gasteiger charge is 2.43. The number of carbonyl (C=O) groups is 1. The third-order valence-corrected chi connectivity index (χ3v) is 9.73. The molecule has 0 bridgehead atoms. The van der Waals surface area contributed by atoms with E-state index in [1.165, 1.54) is 28.6 Å². The van der Waals surface area contributed by atoms with Gasteiger partial charge < -0.3 is 10.2 Å². The Kier molecular flexibility index (Phi) is 9.72. The van der Waals surface area contributed by atoms with E-state index in [1.807, 2.05) is 32.9 Å². The molecule has 0 fully saturated rings. The second kappa shape index (κ2) is 12.7. The van der Waals surface area contributed by atoms with Crippen LogP contribution in [0.15, 0.2) is 77.4 Å². The molecule has 2 heterocycles. The molecule has 242 valence electrons. The van der Waals surface area contributed by atoms with Crippen molar-refractivity contribution in [3.8, 4) is 0 Å². The summed E-state index contributed by atoms with van der Waals surface area (Å²) >= 11 is 0. The van der Waals surface area contributed by atoms with Gasteiger partial charge in [-0.3, -0.25) is 9.35 Å². The molecular weight excluding hydrogens is 582 g/mol. The van der Waals surface area contributed by atoms with Crippen LogP contribution in [0.4, 0.5) is 11.4 Å². The number of benzene rings is 2. The zero-order valence-electron chi connectivity index (χ0n) is 28.4. The Balaban J connectivity index is 1.55. The summed E-state index contributed by atoms with van der Waals surface area (Å²) in [5, 5.41) is 3.02. The summed E-state index contributed by atoms with van der Waals surface area (Å²) in [5.41, 5.74) is 7.05. The van der Waals surface area contributed by atoms with Gasteiger partial charge in [-0.2, -0.15) is 13.0 Å². The number of amides is 1. The molecule has 8 heteroatoms. The highest BCUT2D eigenvalue weighted by Crippen LogP contribution is 2.48. The summed E-state index contributed by atoms with van der Waals surface area (Å²) in [5.74, 6) is 0.0658. The molecule has 0 saturated carbocycles. The maximum atomic E-state index is 12.3. The molecule has 4 rings (SSSR count). The summed E-state index contributed by atoms with van der Waals surface area (Å²) in [4.78, 5) is 14.4. The minimum Gasteiger partial charge on any atom is -0.352 e. The molecule has 2 aromatic rings. The Labute approximate surface area is 270 Å². The van der Waals surface area contributed by atoms with Crippen LogP contribution >= 0.6 is 0 Å². The lowest BCUT2D eigenvalue weighted by Crippen LogP contribution is -2.40. The van der Waals surface area contributed by atoms with E-state index in [4.69, 9.17) is 0 Å². The molecule has 7 nitrogen and oxygen atoms in total. The van der Waals surface area contributed by atoms with Crippen LogP contribution in [0.25, 0.3) is 0 Å². The normalized spacial score (nSPS) is 18.4. The molecule has 1 amide bonds. The van der Waals surface area contributed by atoms with Crippen molar-refractivity contribution in [1.29, 1.82) is 0 Å². The third-order valence-electron chi connectivity index (χ3n) is 8.88. The Morgan fingerprint density at radius 3 is 2.33 bits per heavy atom. The molecule has 0 saturated heterocycles. The van der Waals surface area contributed by atoms with Crippen molar-refractivity contribution in [1.82, 2.24) is 5.32 Å². The first-order chi connectivity index (χ1) is 20.8. The first kappa shape index (κ1) is 34.4. The maximum absolute atomic E-state index is 12.3. The molecule has 0 spiro atoms. The number of rotatable bonds is 10. The minimum absolute atomic E-state index is 0.0658. The Morgan fingerprint density at radius 1 is 0.956 bits per heavy atom. The third kappa shape index (κ3) is 7.50. The van der Waals surface area contributed by atoms with Crippen molar-refractivity contribution in [2.45, 2.75) is 102 Å². The number of nitrogens with one attached hydrogen (secondary N) is 1. The fourth-order valence-electron chi connectivity index (χ4n) is 6.58. The number of hydrogen-bond acceptors (Lipinski definition) is 4. The Hall–Kier alpha value is -3.49. The van der Waals surface area contributed by atoms with Crippen LogP contribution in [-0.4, -0.2) is 48.3 Å². The highest BCUT2D eigenvalue weighted by molar-refractivity contribution is 7.85. The fraction of sp³-hybridized carbons (Fsp3) is 0.459. The Morgan fingerprint density at radius 2 is 1.67 bits per heavy atom. The first-order valence-corrected chi connectivity index (χ1v) is 17.3. The van der Waals surface area contributed by atoms with Crippen molar-refractivity contribution in [2.75, 3.05) is 18.5 Å². The number of allylic oxidation sites excluding steroid dienone is 6. The number of anilines is 1. The van der Waals surface area contributed by atoms with Crippen molar-refractivity contribution >= 4 is 33.1 Å². The summed E-state index contributed by atoms with van der Waals surface area (Å²) < 4.78 is 35.9. The largest absolute Gasteiger partial charge is 0.352 e. The molecule has 2 aliphatic heterocycles. The van der Waals surface area contributed by atoms with Gasteiger partial charge in [-0.1, -0.05) is 50.1 Å². The maximum Gasteiger partial charge on any atom is 0.294 e. The van der Waals surface area contributed by atoms with Crippen LogP contribution in [-0.2, 0) is 25.7 Å². The van der Waals surface area contributed by atoms with Gasteiger partial charge in [0.2, 0.25) is 11.6 Å². The number of unbranched alkanes of at least 4 members (excludes halogenated alkanes) is 2. The van der Waals surface area contributed by atoms with Crippen LogP contribution in [0.2, 0.25) is 0 Å². The topological polar surface area (TPSA) is 89.7 Å². The quantitative estimate of drug-likeness (QED) is 0.122. The number of fused-ring (bicyclic) bond motifs is 2. The smallest absolute Gasteiger partial charge is 0.294 e. The second-order valence-electron chi connectivity index (χ2n) is 14.4. The summed E-state index contributed by atoms with van der Waals surface area (Å²) in [6.07, 6.45) is 13.5. The van der Waals surface area contributed by atoms with Gasteiger partial charge in [0.1, 0.15) is 7.05 Å². The second-order valence-corrected chi connectivity index (χ2v) is 15.8. The zero-order valence-corrected chi connectivity index (χ0v) is 29.2. The van der Waals surface area contributed by atoms with E-state index in [9.17, 15) is 17.8 Å². The van der Waals surface area contributed by atoms with E-state index in [0.717, 1.165) is 42.8 Å². The molecule has 2 aromatic carbocycles. The summed E-state index contributed by atoms with van der Waals surface area (Å²) in [7, 11) is -2.22. The summed E-state index contributed by atoms with van der Waals surface area (Å²) in [6, 6.07) is 11.5. The van der Waals surface area contributed by atoms with Crippen LogP contribution in [0.3, 0.4) is 0 Å². The minimum atomic E-state index is -4.33. The lowest BCUT2D eigenvalue weighted by Gasteiger charge is -2.27. The molecule has 0 radical (unpaired) electrons. The van der Waals surface area contributed by atoms with Crippen LogP contribution in [0, 0.1) is 6.92 Å². The van der Waals surface area contributed by atoms with E-state index >= 15 is 0 Å². The lowest BCUT2D eigenvalue weighted by molar-refractivity contribution is -0.401. The van der Waals surface area contributed by atoms with Crippen molar-refractivity contribution in [2.24, 2.45) is 0 Å². The van der Waals surface area contributed by atoms with E-state index in [-0.39, 0.29) is 21.8 Å². The average molecular weight is 633 g/mol. The average Bonchev–Trinajstić information content (AvgIpc) is 3.24. The van der Waals surface area contributed by atoms with Crippen molar-refractivity contribution in [3.63, 3.8) is 0 Å². The van der Waals surface area contributed by atoms with Crippen LogP contribution in [0.1, 0.15) is 90.8 Å². The van der Waals surface area contributed by atoms with Gasteiger partial charge in [0.05, 0.1) is 10.3 Å². The molecule has 2 N–H and O–H groups in total. The molecular formula is C37H50N3O4S+.